The van der Waals surface area contributed by atoms with Crippen molar-refractivity contribution in [2.45, 2.75) is 30.3 Å². The second-order valence-corrected chi connectivity index (χ2v) is 7.81. The minimum Gasteiger partial charge on any atom is -0.496 e. The fourth-order valence-corrected chi connectivity index (χ4v) is 3.66. The summed E-state index contributed by atoms with van der Waals surface area (Å²) in [5, 5.41) is 4.28. The van der Waals surface area contributed by atoms with Crippen molar-refractivity contribution in [1.82, 2.24) is 10.1 Å². The second kappa shape index (κ2) is 5.89. The lowest BCUT2D eigenvalue weighted by Gasteiger charge is -2.08. The standard InChI is InChI=1S/C14H15ClN2O4S/c1-20-12-5-4-11(15)6-10(12)7-22(18,19)8-13-16-14(17-21-13)9-2-3-9/h4-6,9H,2-3,7-8H2,1H3. The summed E-state index contributed by atoms with van der Waals surface area (Å²) in [6.07, 6.45) is 2.07. The van der Waals surface area contributed by atoms with Gasteiger partial charge in [0.25, 0.3) is 0 Å². The van der Waals surface area contributed by atoms with Gasteiger partial charge in [-0.2, -0.15) is 4.98 Å². The minimum absolute atomic E-state index is 0.128. The van der Waals surface area contributed by atoms with Gasteiger partial charge in [-0.25, -0.2) is 8.42 Å². The van der Waals surface area contributed by atoms with Gasteiger partial charge < -0.3 is 9.26 Å². The third-order valence-electron chi connectivity index (χ3n) is 3.39. The molecule has 2 aromatic rings. The first-order chi connectivity index (χ1) is 10.5. The fourth-order valence-electron chi connectivity index (χ4n) is 2.17. The van der Waals surface area contributed by atoms with Crippen LogP contribution in [-0.4, -0.2) is 25.7 Å². The molecule has 1 aliphatic rings. The molecule has 0 N–H and O–H groups in total. The van der Waals surface area contributed by atoms with E-state index in [9.17, 15) is 8.42 Å². The number of sulfone groups is 1. The highest BCUT2D eigenvalue weighted by molar-refractivity contribution is 7.89. The zero-order valence-corrected chi connectivity index (χ0v) is 13.5. The molecule has 1 aliphatic carbocycles. The Balaban J connectivity index is 1.76. The molecule has 1 heterocycles. The van der Waals surface area contributed by atoms with E-state index in [-0.39, 0.29) is 17.4 Å². The number of methoxy groups -OCH3 is 1. The molecule has 1 saturated carbocycles. The summed E-state index contributed by atoms with van der Waals surface area (Å²) in [6.45, 7) is 0. The smallest absolute Gasteiger partial charge is 0.241 e. The van der Waals surface area contributed by atoms with Crippen LogP contribution in [0.2, 0.25) is 5.02 Å². The number of halogens is 1. The van der Waals surface area contributed by atoms with E-state index in [1.54, 1.807) is 18.2 Å². The molecule has 6 nitrogen and oxygen atoms in total. The normalized spacial score (nSPS) is 15.0. The van der Waals surface area contributed by atoms with E-state index < -0.39 is 9.84 Å². The highest BCUT2D eigenvalue weighted by atomic mass is 35.5. The van der Waals surface area contributed by atoms with Gasteiger partial charge in [-0.3, -0.25) is 0 Å². The monoisotopic (exact) mass is 342 g/mol. The van der Waals surface area contributed by atoms with E-state index in [1.165, 1.54) is 7.11 Å². The molecule has 0 amide bonds. The van der Waals surface area contributed by atoms with Crippen molar-refractivity contribution >= 4 is 21.4 Å². The van der Waals surface area contributed by atoms with Crippen molar-refractivity contribution in [2.24, 2.45) is 0 Å². The number of ether oxygens (including phenoxy) is 1. The van der Waals surface area contributed by atoms with E-state index in [2.05, 4.69) is 10.1 Å². The molecule has 0 spiro atoms. The minimum atomic E-state index is -3.46. The number of nitrogens with zero attached hydrogens (tertiary/aromatic N) is 2. The molecule has 1 aromatic heterocycles. The Morgan fingerprint density at radius 3 is 2.82 bits per heavy atom. The Morgan fingerprint density at radius 1 is 1.36 bits per heavy atom. The Morgan fingerprint density at radius 2 is 2.14 bits per heavy atom. The molecular formula is C14H15ClN2O4S. The Kier molecular flexibility index (Phi) is 4.10. The molecule has 0 radical (unpaired) electrons. The summed E-state index contributed by atoms with van der Waals surface area (Å²) in [7, 11) is -1.98. The van der Waals surface area contributed by atoms with E-state index in [1.807, 2.05) is 0 Å². The lowest BCUT2D eigenvalue weighted by Crippen LogP contribution is -2.09. The summed E-state index contributed by atoms with van der Waals surface area (Å²) < 4.78 is 34.8. The van der Waals surface area contributed by atoms with Gasteiger partial charge in [0, 0.05) is 16.5 Å². The van der Waals surface area contributed by atoms with Crippen LogP contribution in [0.5, 0.6) is 5.75 Å². The maximum Gasteiger partial charge on any atom is 0.241 e. The number of aromatic nitrogens is 2. The molecule has 118 valence electrons. The highest BCUT2D eigenvalue weighted by Crippen LogP contribution is 2.38. The van der Waals surface area contributed by atoms with E-state index in [0.717, 1.165) is 12.8 Å². The Labute approximate surface area is 133 Å². The lowest BCUT2D eigenvalue weighted by atomic mass is 10.2. The van der Waals surface area contributed by atoms with Gasteiger partial charge >= 0.3 is 0 Å². The van der Waals surface area contributed by atoms with Crippen molar-refractivity contribution in [3.63, 3.8) is 0 Å². The van der Waals surface area contributed by atoms with Crippen LogP contribution >= 0.6 is 11.6 Å². The molecule has 1 fully saturated rings. The van der Waals surface area contributed by atoms with Crippen molar-refractivity contribution in [3.8, 4) is 5.75 Å². The lowest BCUT2D eigenvalue weighted by molar-refractivity contribution is 0.382. The van der Waals surface area contributed by atoms with E-state index in [0.29, 0.717) is 28.1 Å². The van der Waals surface area contributed by atoms with Gasteiger partial charge in [0.2, 0.25) is 5.89 Å². The molecule has 0 unspecified atom stereocenters. The Bertz CT molecular complexity index is 784. The predicted octanol–water partition coefficient (Wildman–Crippen LogP) is 2.72. The van der Waals surface area contributed by atoms with Gasteiger partial charge in [0.1, 0.15) is 11.5 Å². The van der Waals surface area contributed by atoms with Crippen molar-refractivity contribution in [2.75, 3.05) is 7.11 Å². The average Bonchev–Trinajstić information content (AvgIpc) is 3.19. The van der Waals surface area contributed by atoms with Crippen molar-refractivity contribution in [3.05, 3.63) is 40.5 Å². The van der Waals surface area contributed by atoms with Gasteiger partial charge in [-0.05, 0) is 31.0 Å². The van der Waals surface area contributed by atoms with Gasteiger partial charge in [-0.1, -0.05) is 16.8 Å². The average molecular weight is 343 g/mol. The van der Waals surface area contributed by atoms with Crippen LogP contribution in [0.4, 0.5) is 0 Å². The number of rotatable bonds is 6. The molecule has 0 saturated heterocycles. The maximum atomic E-state index is 12.3. The number of hydrogen-bond donors (Lipinski definition) is 0. The zero-order valence-electron chi connectivity index (χ0n) is 12.0. The fraction of sp³-hybridized carbons (Fsp3) is 0.429. The summed E-state index contributed by atoms with van der Waals surface area (Å²) in [6, 6.07) is 4.88. The maximum absolute atomic E-state index is 12.3. The van der Waals surface area contributed by atoms with Crippen LogP contribution in [-0.2, 0) is 21.3 Å². The van der Waals surface area contributed by atoms with Gasteiger partial charge in [-0.15, -0.1) is 0 Å². The van der Waals surface area contributed by atoms with E-state index in [4.69, 9.17) is 20.9 Å². The first-order valence-electron chi connectivity index (χ1n) is 6.82. The third-order valence-corrected chi connectivity index (χ3v) is 5.06. The molecule has 1 aromatic carbocycles. The van der Waals surface area contributed by atoms with Crippen LogP contribution in [0.15, 0.2) is 22.7 Å². The third kappa shape index (κ3) is 3.59. The summed E-state index contributed by atoms with van der Waals surface area (Å²) in [5.41, 5.74) is 0.511. The van der Waals surface area contributed by atoms with E-state index >= 15 is 0 Å². The molecule has 0 bridgehead atoms. The largest absolute Gasteiger partial charge is 0.496 e. The van der Waals surface area contributed by atoms with Crippen LogP contribution in [0, 0.1) is 0 Å². The summed E-state index contributed by atoms with van der Waals surface area (Å²) >= 11 is 5.92. The SMILES string of the molecule is COc1ccc(Cl)cc1CS(=O)(=O)Cc1nc(C2CC2)no1. The van der Waals surface area contributed by atoms with Crippen molar-refractivity contribution < 1.29 is 17.7 Å². The highest BCUT2D eigenvalue weighted by Gasteiger charge is 2.29. The van der Waals surface area contributed by atoms with Crippen LogP contribution in [0.3, 0.4) is 0 Å². The first kappa shape index (κ1) is 15.3. The molecule has 0 aliphatic heterocycles. The molecule has 0 atom stereocenters. The summed E-state index contributed by atoms with van der Waals surface area (Å²) in [5.74, 6) is 1.05. The zero-order chi connectivity index (χ0) is 15.7. The topological polar surface area (TPSA) is 82.3 Å². The molecule has 3 rings (SSSR count). The molecular weight excluding hydrogens is 328 g/mol. The molecule has 22 heavy (non-hydrogen) atoms. The quantitative estimate of drug-likeness (QED) is 0.802. The van der Waals surface area contributed by atoms with Gasteiger partial charge in [0.05, 0.1) is 12.9 Å². The van der Waals surface area contributed by atoms with Crippen LogP contribution in [0.1, 0.15) is 36.0 Å². The molecule has 8 heteroatoms. The first-order valence-corrected chi connectivity index (χ1v) is 9.02. The Hall–Kier alpha value is -1.60. The summed E-state index contributed by atoms with van der Waals surface area (Å²) in [4.78, 5) is 4.14. The second-order valence-electron chi connectivity index (χ2n) is 5.31. The number of benzene rings is 1. The number of hydrogen-bond acceptors (Lipinski definition) is 6. The van der Waals surface area contributed by atoms with Crippen LogP contribution < -0.4 is 4.74 Å². The van der Waals surface area contributed by atoms with Crippen molar-refractivity contribution in [1.29, 1.82) is 0 Å². The van der Waals surface area contributed by atoms with Crippen LogP contribution in [0.25, 0.3) is 0 Å². The van der Waals surface area contributed by atoms with Gasteiger partial charge in [0.15, 0.2) is 15.7 Å². The predicted molar refractivity (Wildman–Crippen MR) is 80.6 cm³/mol.